The molecule has 3 heteroatoms. The van der Waals surface area contributed by atoms with E-state index in [1.54, 1.807) is 0 Å². The lowest BCUT2D eigenvalue weighted by atomic mass is 9.98. The van der Waals surface area contributed by atoms with Gasteiger partial charge in [0.2, 0.25) is 0 Å². The molecule has 0 N–H and O–H groups in total. The monoisotopic (exact) mass is 870 g/mol. The highest BCUT2D eigenvalue weighted by atomic mass is 32.1. The van der Waals surface area contributed by atoms with Gasteiger partial charge in [-0.15, -0.1) is 11.3 Å². The van der Waals surface area contributed by atoms with Crippen molar-refractivity contribution in [1.82, 2.24) is 4.57 Å². The number of benzene rings is 11. The summed E-state index contributed by atoms with van der Waals surface area (Å²) in [6.45, 7) is 0. The van der Waals surface area contributed by atoms with E-state index in [9.17, 15) is 0 Å². The van der Waals surface area contributed by atoms with Gasteiger partial charge < -0.3 is 9.47 Å². The van der Waals surface area contributed by atoms with Crippen molar-refractivity contribution in [3.63, 3.8) is 0 Å². The highest BCUT2D eigenvalue weighted by molar-refractivity contribution is 7.25. The lowest BCUT2D eigenvalue weighted by Gasteiger charge is -2.26. The number of thiophene rings is 1. The topological polar surface area (TPSA) is 8.17 Å². The largest absolute Gasteiger partial charge is 0.311 e. The Morgan fingerprint density at radius 1 is 0.284 bits per heavy atom. The van der Waals surface area contributed by atoms with Crippen LogP contribution in [0.4, 0.5) is 17.1 Å². The van der Waals surface area contributed by atoms with Crippen molar-refractivity contribution < 1.29 is 0 Å². The highest BCUT2D eigenvalue weighted by Crippen LogP contribution is 2.42. The molecule has 13 rings (SSSR count). The number of fused-ring (bicyclic) bond motifs is 8. The second-order valence-corrected chi connectivity index (χ2v) is 18.4. The number of hydrogen-bond donors (Lipinski definition) is 0. The Hall–Kier alpha value is -8.50. The molecule has 0 bridgehead atoms. The summed E-state index contributed by atoms with van der Waals surface area (Å²) in [6.07, 6.45) is 0. The van der Waals surface area contributed by atoms with Crippen molar-refractivity contribution in [2.75, 3.05) is 4.90 Å². The molecule has 67 heavy (non-hydrogen) atoms. The van der Waals surface area contributed by atoms with E-state index in [0.717, 1.165) is 22.7 Å². The molecule has 11 aromatic carbocycles. The van der Waals surface area contributed by atoms with Crippen LogP contribution in [0.1, 0.15) is 0 Å². The Labute approximate surface area is 393 Å². The molecule has 0 saturated carbocycles. The van der Waals surface area contributed by atoms with E-state index in [1.165, 1.54) is 97.3 Å². The number of hydrogen-bond acceptors (Lipinski definition) is 2. The lowest BCUT2D eigenvalue weighted by molar-refractivity contribution is 1.19. The van der Waals surface area contributed by atoms with E-state index in [4.69, 9.17) is 0 Å². The van der Waals surface area contributed by atoms with E-state index >= 15 is 0 Å². The molecule has 0 spiro atoms. The normalized spacial score (nSPS) is 11.6. The van der Waals surface area contributed by atoms with Gasteiger partial charge in [0.1, 0.15) is 0 Å². The van der Waals surface area contributed by atoms with E-state index in [1.807, 2.05) is 11.3 Å². The van der Waals surface area contributed by atoms with Crippen LogP contribution in [0.25, 0.3) is 103 Å². The fourth-order valence-corrected chi connectivity index (χ4v) is 11.2. The minimum Gasteiger partial charge on any atom is -0.311 e. The van der Waals surface area contributed by atoms with Gasteiger partial charge >= 0.3 is 0 Å². The van der Waals surface area contributed by atoms with Gasteiger partial charge in [0.25, 0.3) is 0 Å². The molecular formula is C64H42N2S. The third-order valence-electron chi connectivity index (χ3n) is 13.4. The first-order chi connectivity index (χ1) is 33.2. The van der Waals surface area contributed by atoms with Gasteiger partial charge in [-0.1, -0.05) is 182 Å². The van der Waals surface area contributed by atoms with Crippen LogP contribution < -0.4 is 4.90 Å². The first kappa shape index (κ1) is 38.9. The Bertz CT molecular complexity index is 3940. The second-order valence-electron chi connectivity index (χ2n) is 17.3. The average molecular weight is 871 g/mol. The zero-order valence-corrected chi connectivity index (χ0v) is 37.4. The van der Waals surface area contributed by atoms with Crippen molar-refractivity contribution in [2.45, 2.75) is 0 Å². The van der Waals surface area contributed by atoms with Crippen molar-refractivity contribution in [3.8, 4) is 50.2 Å². The van der Waals surface area contributed by atoms with Crippen LogP contribution in [-0.4, -0.2) is 4.57 Å². The van der Waals surface area contributed by atoms with Gasteiger partial charge in [-0.2, -0.15) is 0 Å². The van der Waals surface area contributed by atoms with Crippen LogP contribution in [0, 0.1) is 0 Å². The summed E-state index contributed by atoms with van der Waals surface area (Å²) in [7, 11) is 0. The lowest BCUT2D eigenvalue weighted by Crippen LogP contribution is -2.09. The number of anilines is 3. The zero-order valence-electron chi connectivity index (χ0n) is 36.6. The van der Waals surface area contributed by atoms with Gasteiger partial charge in [0, 0.05) is 59.1 Å². The minimum atomic E-state index is 1.09. The zero-order chi connectivity index (χ0) is 44.3. The van der Waals surface area contributed by atoms with Gasteiger partial charge in [0.15, 0.2) is 0 Å². The van der Waals surface area contributed by atoms with Crippen molar-refractivity contribution in [3.05, 3.63) is 255 Å². The van der Waals surface area contributed by atoms with E-state index in [0.29, 0.717) is 0 Å². The summed E-state index contributed by atoms with van der Waals surface area (Å²) in [5.41, 5.74) is 16.4. The molecule has 2 heterocycles. The number of rotatable bonds is 8. The predicted molar refractivity (Wildman–Crippen MR) is 288 cm³/mol. The van der Waals surface area contributed by atoms with Crippen molar-refractivity contribution in [1.29, 1.82) is 0 Å². The van der Waals surface area contributed by atoms with Crippen LogP contribution in [0.15, 0.2) is 255 Å². The van der Waals surface area contributed by atoms with Crippen LogP contribution in [-0.2, 0) is 0 Å². The second kappa shape index (κ2) is 16.2. The maximum Gasteiger partial charge on any atom is 0.0619 e. The molecule has 0 radical (unpaired) electrons. The number of para-hydroxylation sites is 1. The summed E-state index contributed by atoms with van der Waals surface area (Å²) in [6, 6.07) is 93.1. The molecule has 0 aliphatic carbocycles. The molecule has 0 fully saturated rings. The quantitative estimate of drug-likeness (QED) is 0.148. The first-order valence-corrected chi connectivity index (χ1v) is 23.7. The number of aromatic nitrogens is 1. The molecule has 2 nitrogen and oxygen atoms in total. The predicted octanol–water partition coefficient (Wildman–Crippen LogP) is 18.4. The third kappa shape index (κ3) is 6.88. The molecule has 0 atom stereocenters. The Morgan fingerprint density at radius 2 is 0.746 bits per heavy atom. The van der Waals surface area contributed by atoms with Gasteiger partial charge in [-0.3, -0.25) is 0 Å². The molecule has 0 saturated heterocycles. The molecule has 314 valence electrons. The molecule has 0 unspecified atom stereocenters. The molecule has 2 aromatic heterocycles. The minimum absolute atomic E-state index is 1.09. The molecule has 0 aliphatic heterocycles. The smallest absolute Gasteiger partial charge is 0.0619 e. The van der Waals surface area contributed by atoms with Gasteiger partial charge in [0.05, 0.1) is 11.0 Å². The summed E-state index contributed by atoms with van der Waals surface area (Å²) in [5, 5.41) is 7.65. The van der Waals surface area contributed by atoms with E-state index in [-0.39, 0.29) is 0 Å². The SMILES string of the molecule is c1ccc(-c2cccc(-c3ccc(N(c4ccc(-c5ccc6c(c5)sc5ccccc56)cc4)c4ccc(-c5ccc6c7ccc8ccccc8c7n(-c7ccccc7)c6c5)cc4)cc3)c2)cc1. The van der Waals surface area contributed by atoms with Crippen LogP contribution in [0.2, 0.25) is 0 Å². The van der Waals surface area contributed by atoms with Gasteiger partial charge in [-0.25, -0.2) is 0 Å². The van der Waals surface area contributed by atoms with Crippen molar-refractivity contribution >= 4 is 81.1 Å². The molecule has 0 aliphatic rings. The Balaban J connectivity index is 0.889. The summed E-state index contributed by atoms with van der Waals surface area (Å²) in [5.74, 6) is 0. The average Bonchev–Trinajstić information content (AvgIpc) is 3.95. The summed E-state index contributed by atoms with van der Waals surface area (Å²) in [4.78, 5) is 2.37. The van der Waals surface area contributed by atoms with Crippen LogP contribution >= 0.6 is 11.3 Å². The highest BCUT2D eigenvalue weighted by Gasteiger charge is 2.18. The Kier molecular flexibility index (Phi) is 9.40. The van der Waals surface area contributed by atoms with Gasteiger partial charge in [-0.05, 0) is 123 Å². The van der Waals surface area contributed by atoms with Crippen LogP contribution in [0.3, 0.4) is 0 Å². The van der Waals surface area contributed by atoms with Crippen LogP contribution in [0.5, 0.6) is 0 Å². The third-order valence-corrected chi connectivity index (χ3v) is 14.5. The Morgan fingerprint density at radius 3 is 1.40 bits per heavy atom. The summed E-state index contributed by atoms with van der Waals surface area (Å²) >= 11 is 1.86. The molecule has 13 aromatic rings. The molecule has 0 amide bonds. The fraction of sp³-hybridized carbons (Fsp3) is 0. The van der Waals surface area contributed by atoms with Crippen molar-refractivity contribution in [2.24, 2.45) is 0 Å². The maximum absolute atomic E-state index is 2.44. The fourth-order valence-electron chi connectivity index (χ4n) is 10.1. The first-order valence-electron chi connectivity index (χ1n) is 22.9. The number of nitrogens with zero attached hydrogens (tertiary/aromatic N) is 2. The summed E-state index contributed by atoms with van der Waals surface area (Å²) < 4.78 is 5.08. The standard InChI is InChI=1S/C64H42N2S/c1-3-12-43(13-4-1)48-15-11-16-49(40-48)44-22-31-53(32-23-44)65(55-35-26-46(27-36-55)51-30-38-59-58-20-9-10-21-62(58)67-63(59)42-51)54-33-24-45(25-34-54)50-29-37-57-60-39-28-47-14-7-8-19-56(47)64(60)66(61(57)41-50)52-17-5-2-6-18-52/h1-42H. The molecular weight excluding hydrogens is 829 g/mol. The van der Waals surface area contributed by atoms with E-state index < -0.39 is 0 Å². The maximum atomic E-state index is 2.44. The van der Waals surface area contributed by atoms with E-state index in [2.05, 4.69) is 264 Å².